The van der Waals surface area contributed by atoms with E-state index >= 15 is 0 Å². The van der Waals surface area contributed by atoms with Crippen molar-refractivity contribution in [3.63, 3.8) is 0 Å². The van der Waals surface area contributed by atoms with Gasteiger partial charge in [-0.25, -0.2) is 0 Å². The highest BCUT2D eigenvalue weighted by molar-refractivity contribution is 7.85. The van der Waals surface area contributed by atoms with Crippen LogP contribution in [0.2, 0.25) is 0 Å². The number of hydrogen-bond donors (Lipinski definition) is 1. The lowest BCUT2D eigenvalue weighted by Crippen LogP contribution is -2.40. The van der Waals surface area contributed by atoms with Crippen LogP contribution in [0.25, 0.3) is 0 Å². The van der Waals surface area contributed by atoms with Crippen LogP contribution in [0.4, 0.5) is 0 Å². The molecule has 0 amide bonds. The lowest BCUT2D eigenvalue weighted by atomic mass is 10.0. The molecule has 1 N–H and O–H groups in total. The van der Waals surface area contributed by atoms with E-state index < -0.39 is 10.8 Å². The van der Waals surface area contributed by atoms with Crippen molar-refractivity contribution in [2.45, 2.75) is 58.5 Å². The molecule has 1 saturated heterocycles. The zero-order valence-corrected chi connectivity index (χ0v) is 11.1. The van der Waals surface area contributed by atoms with E-state index in [9.17, 15) is 4.21 Å². The second-order valence-electron chi connectivity index (χ2n) is 5.16. The fraction of sp³-hybridized carbons (Fsp3) is 1.00. The van der Waals surface area contributed by atoms with Crippen LogP contribution in [0.5, 0.6) is 0 Å². The van der Waals surface area contributed by atoms with E-state index in [1.54, 1.807) is 0 Å². The zero-order chi connectivity index (χ0) is 11.3. The van der Waals surface area contributed by atoms with Crippen molar-refractivity contribution in [1.82, 2.24) is 5.32 Å². The number of rotatable bonds is 5. The van der Waals surface area contributed by atoms with Crippen molar-refractivity contribution < 1.29 is 4.21 Å². The maximum Gasteiger partial charge on any atom is 0.0249 e. The summed E-state index contributed by atoms with van der Waals surface area (Å²) in [6.45, 7) is 6.82. The van der Waals surface area contributed by atoms with Crippen LogP contribution in [-0.4, -0.2) is 27.8 Å². The normalized spacial score (nSPS) is 29.3. The third kappa shape index (κ3) is 5.67. The third-order valence-electron chi connectivity index (χ3n) is 3.09. The summed E-state index contributed by atoms with van der Waals surface area (Å²) in [5.41, 5.74) is 0. The Labute approximate surface area is 96.7 Å². The van der Waals surface area contributed by atoms with Crippen LogP contribution in [0.15, 0.2) is 0 Å². The standard InChI is InChI=1S/C12H25NOS/c1-10(2)4-5-11(3)13-12-6-8-15(14)9-7-12/h10-13H,4-9H2,1-3H3. The molecule has 90 valence electrons. The van der Waals surface area contributed by atoms with Crippen molar-refractivity contribution in [1.29, 1.82) is 0 Å². The summed E-state index contributed by atoms with van der Waals surface area (Å²) >= 11 is 0. The predicted octanol–water partition coefficient (Wildman–Crippen LogP) is 2.31. The van der Waals surface area contributed by atoms with Gasteiger partial charge in [0, 0.05) is 34.4 Å². The molecule has 0 bridgehead atoms. The van der Waals surface area contributed by atoms with Crippen molar-refractivity contribution in [3.05, 3.63) is 0 Å². The Balaban J connectivity index is 2.14. The van der Waals surface area contributed by atoms with Gasteiger partial charge in [0.1, 0.15) is 0 Å². The first kappa shape index (κ1) is 13.2. The molecule has 1 aliphatic heterocycles. The number of nitrogens with one attached hydrogen (secondary N) is 1. The molecule has 3 heteroatoms. The average molecular weight is 231 g/mol. The third-order valence-corrected chi connectivity index (χ3v) is 4.47. The van der Waals surface area contributed by atoms with Crippen molar-refractivity contribution >= 4 is 10.8 Å². The minimum atomic E-state index is -0.527. The minimum absolute atomic E-state index is 0.527. The van der Waals surface area contributed by atoms with E-state index in [1.165, 1.54) is 12.8 Å². The van der Waals surface area contributed by atoms with E-state index in [1.807, 2.05) is 0 Å². The lowest BCUT2D eigenvalue weighted by molar-refractivity contribution is 0.382. The van der Waals surface area contributed by atoms with Gasteiger partial charge in [0.15, 0.2) is 0 Å². The summed E-state index contributed by atoms with van der Waals surface area (Å²) in [4.78, 5) is 0. The molecule has 1 heterocycles. The number of hydrogen-bond acceptors (Lipinski definition) is 2. The second kappa shape index (κ2) is 6.64. The quantitative estimate of drug-likeness (QED) is 0.787. The second-order valence-corrected chi connectivity index (χ2v) is 6.86. The molecule has 0 aromatic heterocycles. The highest BCUT2D eigenvalue weighted by Crippen LogP contribution is 2.12. The Morgan fingerprint density at radius 3 is 2.33 bits per heavy atom. The molecule has 0 spiro atoms. The van der Waals surface area contributed by atoms with Gasteiger partial charge in [0.2, 0.25) is 0 Å². The first-order valence-electron chi connectivity index (χ1n) is 6.19. The molecule has 0 aliphatic carbocycles. The summed E-state index contributed by atoms with van der Waals surface area (Å²) in [5.74, 6) is 2.59. The molecule has 1 aliphatic rings. The van der Waals surface area contributed by atoms with Gasteiger partial charge in [-0.2, -0.15) is 0 Å². The molecule has 1 fully saturated rings. The fourth-order valence-electron chi connectivity index (χ4n) is 2.03. The summed E-state index contributed by atoms with van der Waals surface area (Å²) in [7, 11) is -0.527. The molecule has 15 heavy (non-hydrogen) atoms. The minimum Gasteiger partial charge on any atom is -0.311 e. The molecular weight excluding hydrogens is 206 g/mol. The lowest BCUT2D eigenvalue weighted by Gasteiger charge is -2.26. The topological polar surface area (TPSA) is 29.1 Å². The summed E-state index contributed by atoms with van der Waals surface area (Å²) in [6, 6.07) is 1.23. The summed E-state index contributed by atoms with van der Waals surface area (Å²) in [5, 5.41) is 3.66. The maximum atomic E-state index is 11.2. The predicted molar refractivity (Wildman–Crippen MR) is 67.6 cm³/mol. The van der Waals surface area contributed by atoms with E-state index in [-0.39, 0.29) is 0 Å². The van der Waals surface area contributed by atoms with Gasteiger partial charge in [0.25, 0.3) is 0 Å². The van der Waals surface area contributed by atoms with Crippen LogP contribution in [-0.2, 0) is 10.8 Å². The van der Waals surface area contributed by atoms with E-state index in [0.29, 0.717) is 12.1 Å². The van der Waals surface area contributed by atoms with Crippen molar-refractivity contribution in [2.75, 3.05) is 11.5 Å². The average Bonchev–Trinajstić information content (AvgIpc) is 2.19. The Hall–Kier alpha value is 0.110. The van der Waals surface area contributed by atoms with Crippen LogP contribution in [0.3, 0.4) is 0 Å². The van der Waals surface area contributed by atoms with Crippen molar-refractivity contribution in [2.24, 2.45) is 5.92 Å². The first-order chi connectivity index (χ1) is 7.08. The van der Waals surface area contributed by atoms with Crippen LogP contribution >= 0.6 is 0 Å². The van der Waals surface area contributed by atoms with Gasteiger partial charge in [-0.3, -0.25) is 4.21 Å². The first-order valence-corrected chi connectivity index (χ1v) is 7.67. The van der Waals surface area contributed by atoms with Crippen LogP contribution in [0, 0.1) is 5.92 Å². The molecule has 1 rings (SSSR count). The molecule has 0 aromatic rings. The summed E-state index contributed by atoms with van der Waals surface area (Å²) in [6.07, 6.45) is 4.75. The molecule has 0 aromatic carbocycles. The van der Waals surface area contributed by atoms with Gasteiger partial charge >= 0.3 is 0 Å². The van der Waals surface area contributed by atoms with Gasteiger partial charge in [-0.1, -0.05) is 13.8 Å². The van der Waals surface area contributed by atoms with Gasteiger partial charge in [0.05, 0.1) is 0 Å². The molecule has 1 atom stereocenters. The van der Waals surface area contributed by atoms with Crippen LogP contribution < -0.4 is 5.32 Å². The van der Waals surface area contributed by atoms with Gasteiger partial charge in [-0.05, 0) is 38.5 Å². The Morgan fingerprint density at radius 1 is 1.20 bits per heavy atom. The highest BCUT2D eigenvalue weighted by Gasteiger charge is 2.18. The highest BCUT2D eigenvalue weighted by atomic mass is 32.2. The largest absolute Gasteiger partial charge is 0.311 e. The van der Waals surface area contributed by atoms with E-state index in [2.05, 4.69) is 26.1 Å². The van der Waals surface area contributed by atoms with Crippen molar-refractivity contribution in [3.8, 4) is 0 Å². The Kier molecular flexibility index (Phi) is 5.83. The zero-order valence-electron chi connectivity index (χ0n) is 10.3. The smallest absolute Gasteiger partial charge is 0.0249 e. The molecule has 2 nitrogen and oxygen atoms in total. The SMILES string of the molecule is CC(C)CCC(C)NC1CCS(=O)CC1. The fourth-order valence-corrected chi connectivity index (χ4v) is 3.33. The molecule has 0 saturated carbocycles. The van der Waals surface area contributed by atoms with Gasteiger partial charge < -0.3 is 5.32 Å². The van der Waals surface area contributed by atoms with E-state index in [4.69, 9.17) is 0 Å². The van der Waals surface area contributed by atoms with Crippen LogP contribution in [0.1, 0.15) is 46.5 Å². The maximum absolute atomic E-state index is 11.2. The molecular formula is C12H25NOS. The van der Waals surface area contributed by atoms with Gasteiger partial charge in [-0.15, -0.1) is 0 Å². The Bertz CT molecular complexity index is 196. The monoisotopic (exact) mass is 231 g/mol. The van der Waals surface area contributed by atoms with E-state index in [0.717, 1.165) is 30.3 Å². The molecule has 1 unspecified atom stereocenters. The summed E-state index contributed by atoms with van der Waals surface area (Å²) < 4.78 is 11.2. The molecule has 0 radical (unpaired) electrons. The Morgan fingerprint density at radius 2 is 1.80 bits per heavy atom.